The summed E-state index contributed by atoms with van der Waals surface area (Å²) in [5, 5.41) is 13.5. The van der Waals surface area contributed by atoms with E-state index >= 15 is 0 Å². The van der Waals surface area contributed by atoms with Crippen molar-refractivity contribution in [2.75, 3.05) is 6.61 Å². The summed E-state index contributed by atoms with van der Waals surface area (Å²) in [6.45, 7) is 9.94. The first kappa shape index (κ1) is 15.5. The molecule has 1 aliphatic rings. The van der Waals surface area contributed by atoms with E-state index in [0.717, 1.165) is 25.3 Å². The molecular weight excluding hydrogens is 246 g/mol. The third-order valence-corrected chi connectivity index (χ3v) is 5.14. The fraction of sp³-hybridized carbons (Fsp3) is 0.667. The summed E-state index contributed by atoms with van der Waals surface area (Å²) in [6, 6.07) is 4.55. The fourth-order valence-corrected chi connectivity index (χ4v) is 3.20. The molecule has 0 aromatic heterocycles. The van der Waals surface area contributed by atoms with E-state index in [1.165, 1.54) is 35.1 Å². The Morgan fingerprint density at radius 2 is 1.70 bits per heavy atom. The van der Waals surface area contributed by atoms with Crippen LogP contribution in [0.2, 0.25) is 0 Å². The average molecular weight is 275 g/mol. The molecule has 1 fully saturated rings. The van der Waals surface area contributed by atoms with Crippen molar-refractivity contribution in [1.82, 2.24) is 5.32 Å². The minimum Gasteiger partial charge on any atom is -0.394 e. The molecule has 0 radical (unpaired) electrons. The third-order valence-electron chi connectivity index (χ3n) is 5.14. The maximum atomic E-state index is 9.81. The van der Waals surface area contributed by atoms with Gasteiger partial charge in [0.15, 0.2) is 0 Å². The van der Waals surface area contributed by atoms with Gasteiger partial charge >= 0.3 is 0 Å². The zero-order chi connectivity index (χ0) is 14.8. The van der Waals surface area contributed by atoms with E-state index < -0.39 is 0 Å². The van der Waals surface area contributed by atoms with Gasteiger partial charge in [0.2, 0.25) is 0 Å². The van der Waals surface area contributed by atoms with E-state index in [1.54, 1.807) is 0 Å². The molecule has 2 nitrogen and oxygen atoms in total. The molecule has 2 heteroatoms. The lowest BCUT2D eigenvalue weighted by Gasteiger charge is -2.39. The van der Waals surface area contributed by atoms with Crippen LogP contribution in [0.25, 0.3) is 0 Å². The summed E-state index contributed by atoms with van der Waals surface area (Å²) in [4.78, 5) is 0. The highest BCUT2D eigenvalue weighted by Crippen LogP contribution is 2.32. The van der Waals surface area contributed by atoms with Gasteiger partial charge in [0.05, 0.1) is 6.61 Å². The van der Waals surface area contributed by atoms with Crippen molar-refractivity contribution in [2.24, 2.45) is 5.92 Å². The predicted molar refractivity (Wildman–Crippen MR) is 84.9 cm³/mol. The van der Waals surface area contributed by atoms with E-state index in [0.29, 0.717) is 0 Å². The summed E-state index contributed by atoms with van der Waals surface area (Å²) in [5.74, 6) is 0.805. The van der Waals surface area contributed by atoms with Crippen LogP contribution in [-0.2, 0) is 6.54 Å². The van der Waals surface area contributed by atoms with E-state index in [2.05, 4.69) is 45.1 Å². The van der Waals surface area contributed by atoms with Crippen molar-refractivity contribution >= 4 is 0 Å². The minimum atomic E-state index is -0.0578. The monoisotopic (exact) mass is 275 g/mol. The fourth-order valence-electron chi connectivity index (χ4n) is 3.20. The Bertz CT molecular complexity index is 459. The van der Waals surface area contributed by atoms with Gasteiger partial charge in [0, 0.05) is 12.1 Å². The number of rotatable bonds is 4. The summed E-state index contributed by atoms with van der Waals surface area (Å²) < 4.78 is 0. The summed E-state index contributed by atoms with van der Waals surface area (Å²) in [5.41, 5.74) is 5.35. The second-order valence-electron chi connectivity index (χ2n) is 6.84. The van der Waals surface area contributed by atoms with Gasteiger partial charge in [-0.3, -0.25) is 0 Å². The van der Waals surface area contributed by atoms with Crippen molar-refractivity contribution in [3.63, 3.8) is 0 Å². The number of aliphatic hydroxyl groups excluding tert-OH is 1. The molecule has 0 atom stereocenters. The summed E-state index contributed by atoms with van der Waals surface area (Å²) in [7, 11) is 0. The Hall–Kier alpha value is -0.860. The second-order valence-corrected chi connectivity index (χ2v) is 6.84. The number of nitrogens with one attached hydrogen (secondary N) is 1. The Balaban J connectivity index is 2.05. The molecule has 0 amide bonds. The molecule has 2 N–H and O–H groups in total. The van der Waals surface area contributed by atoms with Crippen molar-refractivity contribution < 1.29 is 5.11 Å². The number of hydrogen-bond acceptors (Lipinski definition) is 2. The molecule has 1 aliphatic carbocycles. The summed E-state index contributed by atoms with van der Waals surface area (Å²) >= 11 is 0. The first-order valence-electron chi connectivity index (χ1n) is 7.88. The van der Waals surface area contributed by atoms with Crippen LogP contribution in [0.5, 0.6) is 0 Å². The van der Waals surface area contributed by atoms with Gasteiger partial charge < -0.3 is 10.4 Å². The van der Waals surface area contributed by atoms with Crippen LogP contribution in [0, 0.1) is 26.7 Å². The quantitative estimate of drug-likeness (QED) is 0.879. The van der Waals surface area contributed by atoms with E-state index in [4.69, 9.17) is 0 Å². The van der Waals surface area contributed by atoms with Crippen LogP contribution in [0.4, 0.5) is 0 Å². The SMILES string of the molecule is Cc1cc(C)c(CNC2(CO)CCC(C)CC2)cc1C. The van der Waals surface area contributed by atoms with Crippen LogP contribution in [0.1, 0.15) is 54.9 Å². The Morgan fingerprint density at radius 3 is 2.30 bits per heavy atom. The molecule has 0 unspecified atom stereocenters. The van der Waals surface area contributed by atoms with E-state index in [-0.39, 0.29) is 12.1 Å². The first-order chi connectivity index (χ1) is 9.46. The van der Waals surface area contributed by atoms with Crippen molar-refractivity contribution in [3.8, 4) is 0 Å². The van der Waals surface area contributed by atoms with E-state index in [9.17, 15) is 5.11 Å². The Labute approximate surface area is 123 Å². The second kappa shape index (κ2) is 6.28. The normalized spacial score (nSPS) is 26.8. The Morgan fingerprint density at radius 1 is 1.10 bits per heavy atom. The molecule has 0 aliphatic heterocycles. The molecule has 0 saturated heterocycles. The summed E-state index contributed by atoms with van der Waals surface area (Å²) in [6.07, 6.45) is 4.63. The van der Waals surface area contributed by atoms with Gasteiger partial charge in [-0.05, 0) is 74.6 Å². The largest absolute Gasteiger partial charge is 0.394 e. The molecule has 0 heterocycles. The molecule has 20 heavy (non-hydrogen) atoms. The van der Waals surface area contributed by atoms with Crippen LogP contribution in [0.3, 0.4) is 0 Å². The lowest BCUT2D eigenvalue weighted by atomic mass is 9.77. The lowest BCUT2D eigenvalue weighted by molar-refractivity contribution is 0.104. The van der Waals surface area contributed by atoms with Gasteiger partial charge in [-0.1, -0.05) is 19.1 Å². The Kier molecular flexibility index (Phi) is 4.87. The minimum absolute atomic E-state index is 0.0578. The third kappa shape index (κ3) is 3.42. The van der Waals surface area contributed by atoms with Gasteiger partial charge in [-0.25, -0.2) is 0 Å². The standard InChI is InChI=1S/C18H29NO/c1-13-5-7-18(12-20,8-6-13)19-11-17-10-15(3)14(2)9-16(17)4/h9-10,13,19-20H,5-8,11-12H2,1-4H3. The highest BCUT2D eigenvalue weighted by atomic mass is 16.3. The molecule has 1 aromatic rings. The van der Waals surface area contributed by atoms with Gasteiger partial charge in [-0.15, -0.1) is 0 Å². The number of aryl methyl sites for hydroxylation is 3. The zero-order valence-electron chi connectivity index (χ0n) is 13.4. The molecular formula is C18H29NO. The smallest absolute Gasteiger partial charge is 0.0613 e. The lowest BCUT2D eigenvalue weighted by Crippen LogP contribution is -2.50. The molecule has 0 spiro atoms. The average Bonchev–Trinajstić information content (AvgIpc) is 2.44. The van der Waals surface area contributed by atoms with Crippen LogP contribution < -0.4 is 5.32 Å². The van der Waals surface area contributed by atoms with Crippen LogP contribution >= 0.6 is 0 Å². The molecule has 2 rings (SSSR count). The van der Waals surface area contributed by atoms with E-state index in [1.807, 2.05) is 0 Å². The highest BCUT2D eigenvalue weighted by molar-refractivity contribution is 5.36. The van der Waals surface area contributed by atoms with Gasteiger partial charge in [0.1, 0.15) is 0 Å². The predicted octanol–water partition coefficient (Wildman–Crippen LogP) is 3.64. The van der Waals surface area contributed by atoms with Gasteiger partial charge in [-0.2, -0.15) is 0 Å². The molecule has 112 valence electrons. The van der Waals surface area contributed by atoms with Crippen molar-refractivity contribution in [1.29, 1.82) is 0 Å². The number of hydrogen-bond donors (Lipinski definition) is 2. The van der Waals surface area contributed by atoms with Crippen molar-refractivity contribution in [3.05, 3.63) is 34.4 Å². The topological polar surface area (TPSA) is 32.3 Å². The maximum absolute atomic E-state index is 9.81. The highest BCUT2D eigenvalue weighted by Gasteiger charge is 2.33. The van der Waals surface area contributed by atoms with Crippen LogP contribution in [0.15, 0.2) is 12.1 Å². The number of aliphatic hydroxyl groups is 1. The van der Waals surface area contributed by atoms with Crippen molar-refractivity contribution in [2.45, 2.75) is 65.5 Å². The molecule has 1 aromatic carbocycles. The molecule has 1 saturated carbocycles. The number of benzene rings is 1. The van der Waals surface area contributed by atoms with Gasteiger partial charge in [0.25, 0.3) is 0 Å². The molecule has 0 bridgehead atoms. The maximum Gasteiger partial charge on any atom is 0.0613 e. The zero-order valence-corrected chi connectivity index (χ0v) is 13.4. The first-order valence-corrected chi connectivity index (χ1v) is 7.88. The van der Waals surface area contributed by atoms with Crippen LogP contribution in [-0.4, -0.2) is 17.3 Å².